The van der Waals surface area contributed by atoms with E-state index in [4.69, 9.17) is 5.41 Å². The molecule has 2 aliphatic rings. The summed E-state index contributed by atoms with van der Waals surface area (Å²) >= 11 is 1.31. The van der Waals surface area contributed by atoms with E-state index in [1.54, 1.807) is 36.6 Å². The van der Waals surface area contributed by atoms with Crippen LogP contribution in [0.15, 0.2) is 46.0 Å². The zero-order chi connectivity index (χ0) is 24.6. The second-order valence-corrected chi connectivity index (χ2v) is 9.22. The van der Waals surface area contributed by atoms with E-state index in [1.165, 1.54) is 22.8 Å². The van der Waals surface area contributed by atoms with Crippen molar-refractivity contribution in [2.24, 2.45) is 10.1 Å². The summed E-state index contributed by atoms with van der Waals surface area (Å²) in [5, 5.41) is 15.6. The van der Waals surface area contributed by atoms with Gasteiger partial charge in [0.15, 0.2) is 5.84 Å². The van der Waals surface area contributed by atoms with Crippen molar-refractivity contribution < 1.29 is 18.0 Å². The maximum Gasteiger partial charge on any atom is 0.416 e. The molecule has 0 saturated carbocycles. The van der Waals surface area contributed by atoms with E-state index in [0.29, 0.717) is 27.8 Å². The zero-order valence-corrected chi connectivity index (χ0v) is 19.8. The fourth-order valence-electron chi connectivity index (χ4n) is 3.97. The third-order valence-electron chi connectivity index (χ3n) is 5.69. The number of hydrogen-bond acceptors (Lipinski definition) is 4. The minimum absolute atomic E-state index is 0.0585. The van der Waals surface area contributed by atoms with Crippen LogP contribution < -0.4 is 0 Å². The smallest absolute Gasteiger partial charge is 0.318 e. The number of aliphatic imine (C=N–C) groups is 1. The number of benzene rings is 1. The van der Waals surface area contributed by atoms with Gasteiger partial charge in [0.2, 0.25) is 5.17 Å². The van der Waals surface area contributed by atoms with Crippen molar-refractivity contribution in [1.82, 2.24) is 9.58 Å². The topological polar surface area (TPSA) is 73.8 Å². The second kappa shape index (κ2) is 9.25. The van der Waals surface area contributed by atoms with E-state index < -0.39 is 17.6 Å². The van der Waals surface area contributed by atoms with Gasteiger partial charge in [-0.3, -0.25) is 10.2 Å². The third kappa shape index (κ3) is 4.59. The number of hydrazone groups is 1. The lowest BCUT2D eigenvalue weighted by Crippen LogP contribution is -2.35. The average molecular weight is 488 g/mol. The predicted octanol–water partition coefficient (Wildman–Crippen LogP) is 6.31. The molecule has 0 fully saturated rings. The lowest BCUT2D eigenvalue weighted by Gasteiger charge is -2.20. The molecule has 0 spiro atoms. The van der Waals surface area contributed by atoms with Crippen LogP contribution in [0.1, 0.15) is 55.1 Å². The fourth-order valence-corrected chi connectivity index (χ4v) is 4.89. The van der Waals surface area contributed by atoms with Crippen LogP contribution in [0, 0.1) is 19.3 Å². The molecule has 34 heavy (non-hydrogen) atoms. The fraction of sp³-hybridized carbons (Fsp3) is 0.333. The van der Waals surface area contributed by atoms with Crippen molar-refractivity contribution in [3.8, 4) is 5.69 Å². The molecule has 4 rings (SSSR count). The largest absolute Gasteiger partial charge is 0.416 e. The average Bonchev–Trinajstić information content (AvgIpc) is 3.30. The van der Waals surface area contributed by atoms with Crippen molar-refractivity contribution in [1.29, 1.82) is 5.41 Å². The van der Waals surface area contributed by atoms with Crippen LogP contribution in [0.25, 0.3) is 11.8 Å². The van der Waals surface area contributed by atoms with Gasteiger partial charge in [-0.25, -0.2) is 0 Å². The molecule has 3 heterocycles. The van der Waals surface area contributed by atoms with Crippen molar-refractivity contribution in [3.05, 3.63) is 58.4 Å². The number of halogens is 3. The first kappa shape index (κ1) is 24.0. The van der Waals surface area contributed by atoms with Gasteiger partial charge in [-0.15, -0.1) is 0 Å². The number of alkyl halides is 3. The highest BCUT2D eigenvalue weighted by atomic mass is 32.2. The summed E-state index contributed by atoms with van der Waals surface area (Å²) in [6, 6.07) is 6.88. The first-order chi connectivity index (χ1) is 16.1. The lowest BCUT2D eigenvalue weighted by molar-refractivity contribution is -0.137. The highest BCUT2D eigenvalue weighted by Crippen LogP contribution is 2.33. The highest BCUT2D eigenvalue weighted by molar-refractivity contribution is 8.26. The summed E-state index contributed by atoms with van der Waals surface area (Å²) in [5.74, 6) is -0.588. The zero-order valence-electron chi connectivity index (χ0n) is 19.0. The summed E-state index contributed by atoms with van der Waals surface area (Å²) in [6.45, 7) is 5.66. The number of nitrogens with one attached hydrogen (secondary N) is 1. The molecule has 0 saturated heterocycles. The highest BCUT2D eigenvalue weighted by Gasteiger charge is 2.35. The molecule has 1 aromatic heterocycles. The summed E-state index contributed by atoms with van der Waals surface area (Å²) in [5.41, 5.74) is 1.71. The van der Waals surface area contributed by atoms with Gasteiger partial charge in [0.1, 0.15) is 5.04 Å². The van der Waals surface area contributed by atoms with E-state index >= 15 is 0 Å². The summed E-state index contributed by atoms with van der Waals surface area (Å²) in [7, 11) is 0. The molecule has 0 bridgehead atoms. The first-order valence-corrected chi connectivity index (χ1v) is 11.8. The van der Waals surface area contributed by atoms with Gasteiger partial charge in [0.05, 0.1) is 11.1 Å². The maximum absolute atomic E-state index is 13.2. The molecule has 178 valence electrons. The van der Waals surface area contributed by atoms with Crippen LogP contribution in [-0.4, -0.2) is 31.5 Å². The van der Waals surface area contributed by atoms with Crippen LogP contribution in [0.4, 0.5) is 13.2 Å². The predicted molar refractivity (Wildman–Crippen MR) is 129 cm³/mol. The van der Waals surface area contributed by atoms with Gasteiger partial charge in [0, 0.05) is 17.1 Å². The third-order valence-corrected chi connectivity index (χ3v) is 6.66. The molecule has 1 amide bonds. The molecule has 0 unspecified atom stereocenters. The van der Waals surface area contributed by atoms with Crippen molar-refractivity contribution >= 4 is 39.8 Å². The van der Waals surface area contributed by atoms with Crippen LogP contribution >= 0.6 is 11.8 Å². The summed E-state index contributed by atoms with van der Waals surface area (Å²) < 4.78 is 41.3. The molecular weight excluding hydrogens is 463 g/mol. The maximum atomic E-state index is 13.2. The van der Waals surface area contributed by atoms with Gasteiger partial charge in [-0.05, 0) is 74.4 Å². The molecular formula is C24H24F3N5OS. The SMILES string of the molecule is CCCCCC1=NN2C(=N)/C(=C\c3cc(C)n(-c4cccc(C(F)(F)F)c4)c3C)C(=O)N=C2S1. The number of nitrogens with zero attached hydrogens (tertiary/aromatic N) is 4. The normalized spacial score (nSPS) is 17.4. The number of aromatic nitrogens is 1. The first-order valence-electron chi connectivity index (χ1n) is 11.0. The van der Waals surface area contributed by atoms with Crippen LogP contribution in [0.3, 0.4) is 0 Å². The number of unbranched alkanes of at least 4 members (excludes halogenated alkanes) is 2. The van der Waals surface area contributed by atoms with E-state index in [-0.39, 0.29) is 11.4 Å². The molecule has 0 atom stereocenters. The van der Waals surface area contributed by atoms with Crippen molar-refractivity contribution in [2.45, 2.75) is 52.6 Å². The number of rotatable bonds is 6. The quantitative estimate of drug-likeness (QED) is 0.383. The Hall–Kier alpha value is -3.14. The van der Waals surface area contributed by atoms with Crippen molar-refractivity contribution in [2.75, 3.05) is 0 Å². The molecule has 1 aromatic carbocycles. The van der Waals surface area contributed by atoms with E-state index in [0.717, 1.165) is 42.9 Å². The number of carbonyl (C=O) groups excluding carboxylic acids is 1. The van der Waals surface area contributed by atoms with Crippen LogP contribution in [0.5, 0.6) is 0 Å². The van der Waals surface area contributed by atoms with Crippen LogP contribution in [0.2, 0.25) is 0 Å². The second-order valence-electron chi connectivity index (χ2n) is 8.18. The standard InChI is InChI=1S/C24H24F3N5OS/c1-4-5-6-10-20-30-32-21(28)19(22(33)29-23(32)34-20)12-16-11-14(2)31(15(16)3)18-9-7-8-17(13-18)24(25,26)27/h7-9,11-13,28H,4-6,10H2,1-3H3/b19-12+,28-21?. The van der Waals surface area contributed by atoms with E-state index in [1.807, 2.05) is 0 Å². The summed E-state index contributed by atoms with van der Waals surface area (Å²) in [6.07, 6.45) is 1.03. The van der Waals surface area contributed by atoms with Crippen LogP contribution in [-0.2, 0) is 11.0 Å². The Bertz CT molecular complexity index is 1260. The lowest BCUT2D eigenvalue weighted by atomic mass is 10.1. The Morgan fingerprint density at radius 1 is 1.18 bits per heavy atom. The van der Waals surface area contributed by atoms with Gasteiger partial charge in [-0.2, -0.15) is 28.3 Å². The van der Waals surface area contributed by atoms with Gasteiger partial charge in [-0.1, -0.05) is 25.8 Å². The van der Waals surface area contributed by atoms with Gasteiger partial charge >= 0.3 is 6.18 Å². The Balaban J connectivity index is 1.66. The Morgan fingerprint density at radius 3 is 2.65 bits per heavy atom. The van der Waals surface area contributed by atoms with E-state index in [9.17, 15) is 18.0 Å². The number of fused-ring (bicyclic) bond motifs is 1. The molecule has 2 aliphatic heterocycles. The number of amides is 1. The number of carbonyl (C=O) groups is 1. The van der Waals surface area contributed by atoms with E-state index in [2.05, 4.69) is 17.0 Å². The van der Waals surface area contributed by atoms with Gasteiger partial charge < -0.3 is 4.57 Å². The monoisotopic (exact) mass is 487 g/mol. The molecule has 0 radical (unpaired) electrons. The number of thioether (sulfide) groups is 1. The Labute approximate surface area is 199 Å². The minimum Gasteiger partial charge on any atom is -0.318 e. The molecule has 6 nitrogen and oxygen atoms in total. The minimum atomic E-state index is -4.45. The Kier molecular flexibility index (Phi) is 6.53. The van der Waals surface area contributed by atoms with Crippen molar-refractivity contribution in [3.63, 3.8) is 0 Å². The molecule has 0 aliphatic carbocycles. The molecule has 10 heteroatoms. The van der Waals surface area contributed by atoms with Gasteiger partial charge in [0.25, 0.3) is 5.91 Å². The Morgan fingerprint density at radius 2 is 1.94 bits per heavy atom. The number of aryl methyl sites for hydroxylation is 1. The molecule has 1 N–H and O–H groups in total. The summed E-state index contributed by atoms with van der Waals surface area (Å²) in [4.78, 5) is 16.8. The number of amidine groups is 2. The number of hydrogen-bond donors (Lipinski definition) is 1. The molecule has 2 aromatic rings.